The van der Waals surface area contributed by atoms with Gasteiger partial charge in [-0.3, -0.25) is 4.79 Å². The molecule has 0 unspecified atom stereocenters. The Morgan fingerprint density at radius 2 is 0.963 bits per heavy atom. The van der Waals surface area contributed by atoms with Gasteiger partial charge in [0.05, 0.1) is 0 Å². The van der Waals surface area contributed by atoms with Gasteiger partial charge in [-0.05, 0) is 36.4 Å². The average Bonchev–Trinajstić information content (AvgIpc) is 2.67. The van der Waals surface area contributed by atoms with E-state index in [1.807, 2.05) is 39.0 Å². The van der Waals surface area contributed by atoms with Gasteiger partial charge in [0.25, 0.3) is 0 Å². The van der Waals surface area contributed by atoms with Crippen molar-refractivity contribution in [2.75, 3.05) is 6.16 Å². The van der Waals surface area contributed by atoms with Crippen molar-refractivity contribution in [3.8, 4) is 0 Å². The van der Waals surface area contributed by atoms with E-state index in [0.717, 1.165) is 0 Å². The van der Waals surface area contributed by atoms with E-state index in [1.165, 1.54) is 15.9 Å². The van der Waals surface area contributed by atoms with Gasteiger partial charge in [-0.2, -0.15) is 0 Å². The number of hydrogen-bond acceptors (Lipinski definition) is 1. The highest BCUT2D eigenvalue weighted by molar-refractivity contribution is 7.96. The molecule has 3 aromatic carbocycles. The van der Waals surface area contributed by atoms with Gasteiger partial charge in [-0.15, -0.1) is 0 Å². The number of benzene rings is 3. The molecule has 0 heterocycles. The van der Waals surface area contributed by atoms with Gasteiger partial charge in [0.15, 0.2) is 5.78 Å². The topological polar surface area (TPSA) is 17.1 Å². The standard InChI is InChI=1S/C24H26OP.ClH/c1-24(2,3)23(25)19-26(20-13-7-4-8-14-20,21-15-9-5-10-16-21)22-17-11-6-12-18-22;/h4-18H,19H2,1-3H3;1H/q+1;/p-1. The summed E-state index contributed by atoms with van der Waals surface area (Å²) in [6.45, 7) is 6.06. The molecule has 0 aliphatic heterocycles. The molecular weight excluding hydrogens is 371 g/mol. The van der Waals surface area contributed by atoms with Crippen molar-refractivity contribution >= 4 is 29.0 Å². The van der Waals surface area contributed by atoms with Crippen LogP contribution in [0.2, 0.25) is 0 Å². The third-order valence-electron chi connectivity index (χ3n) is 4.81. The molecule has 0 amide bonds. The quantitative estimate of drug-likeness (QED) is 0.599. The summed E-state index contributed by atoms with van der Waals surface area (Å²) < 4.78 is 0. The van der Waals surface area contributed by atoms with Crippen molar-refractivity contribution in [2.45, 2.75) is 20.8 Å². The summed E-state index contributed by atoms with van der Waals surface area (Å²) in [5.41, 5.74) is -0.358. The molecular formula is C24H26ClOP. The third-order valence-corrected chi connectivity index (χ3v) is 9.11. The smallest absolute Gasteiger partial charge is 0.176 e. The molecule has 0 saturated heterocycles. The second kappa shape index (κ2) is 8.83. The van der Waals surface area contributed by atoms with Crippen LogP contribution in [0.3, 0.4) is 0 Å². The van der Waals surface area contributed by atoms with Crippen molar-refractivity contribution in [3.63, 3.8) is 0 Å². The number of rotatable bonds is 5. The predicted octanol–water partition coefficient (Wildman–Crippen LogP) is 1.60. The normalized spacial score (nSPS) is 11.5. The summed E-state index contributed by atoms with van der Waals surface area (Å²) in [4.78, 5) is 13.2. The lowest BCUT2D eigenvalue weighted by atomic mass is 9.92. The molecule has 140 valence electrons. The van der Waals surface area contributed by atoms with E-state index in [9.17, 15) is 4.79 Å². The van der Waals surface area contributed by atoms with Crippen molar-refractivity contribution in [3.05, 3.63) is 91.0 Å². The fraction of sp³-hybridized carbons (Fsp3) is 0.208. The number of Topliss-reactive ketones (excluding diaryl/α,β-unsaturated/α-hetero) is 1. The summed E-state index contributed by atoms with van der Waals surface area (Å²) >= 11 is 0. The van der Waals surface area contributed by atoms with Gasteiger partial charge >= 0.3 is 0 Å². The second-order valence-electron chi connectivity index (χ2n) is 7.65. The maximum absolute atomic E-state index is 13.2. The Balaban J connectivity index is 0.00000261. The van der Waals surface area contributed by atoms with Crippen LogP contribution in [0.4, 0.5) is 0 Å². The molecule has 27 heavy (non-hydrogen) atoms. The van der Waals surface area contributed by atoms with Gasteiger partial charge in [0, 0.05) is 5.41 Å². The molecule has 0 N–H and O–H groups in total. The highest BCUT2D eigenvalue weighted by atomic mass is 35.5. The third kappa shape index (κ3) is 4.49. The summed E-state index contributed by atoms with van der Waals surface area (Å²) in [7, 11) is -2.06. The Morgan fingerprint density at radius 1 is 0.667 bits per heavy atom. The zero-order valence-corrected chi connectivity index (χ0v) is 17.8. The first-order valence-electron chi connectivity index (χ1n) is 9.03. The SMILES string of the molecule is CC(C)(C)C(=O)C[P+](c1ccccc1)(c1ccccc1)c1ccccc1.[Cl-]. The lowest BCUT2D eigenvalue weighted by Gasteiger charge is -2.29. The largest absolute Gasteiger partial charge is 1.00 e. The minimum absolute atomic E-state index is 0. The Bertz CT molecular complexity index is 758. The van der Waals surface area contributed by atoms with Gasteiger partial charge in [-0.1, -0.05) is 75.4 Å². The fourth-order valence-corrected chi connectivity index (χ4v) is 7.61. The molecule has 0 aliphatic carbocycles. The first kappa shape index (κ1) is 21.4. The summed E-state index contributed by atoms with van der Waals surface area (Å²) in [5.74, 6) is 0.308. The van der Waals surface area contributed by atoms with Crippen molar-refractivity contribution in [1.82, 2.24) is 0 Å². The fourth-order valence-electron chi connectivity index (χ4n) is 3.22. The van der Waals surface area contributed by atoms with E-state index in [-0.39, 0.29) is 17.8 Å². The molecule has 0 fully saturated rings. The number of carbonyl (C=O) groups excluding carboxylic acids is 1. The molecule has 0 bridgehead atoms. The van der Waals surface area contributed by atoms with Crippen LogP contribution in [0.25, 0.3) is 0 Å². The van der Waals surface area contributed by atoms with Crippen LogP contribution in [0, 0.1) is 5.41 Å². The van der Waals surface area contributed by atoms with Crippen molar-refractivity contribution in [2.24, 2.45) is 5.41 Å². The highest BCUT2D eigenvalue weighted by Gasteiger charge is 2.48. The van der Waals surface area contributed by atoms with Gasteiger partial charge in [0.2, 0.25) is 0 Å². The predicted molar refractivity (Wildman–Crippen MR) is 114 cm³/mol. The van der Waals surface area contributed by atoms with Crippen LogP contribution in [0.5, 0.6) is 0 Å². The van der Waals surface area contributed by atoms with E-state index in [2.05, 4.69) is 72.8 Å². The molecule has 3 aromatic rings. The Labute approximate surface area is 169 Å². The summed E-state index contributed by atoms with van der Waals surface area (Å²) in [6.07, 6.45) is 0.550. The molecule has 0 saturated carbocycles. The van der Waals surface area contributed by atoms with Crippen LogP contribution < -0.4 is 28.3 Å². The minimum atomic E-state index is -2.06. The van der Waals surface area contributed by atoms with Crippen LogP contribution in [0.15, 0.2) is 91.0 Å². The summed E-state index contributed by atoms with van der Waals surface area (Å²) in [6, 6.07) is 31.7. The molecule has 0 aliphatic rings. The number of ketones is 1. The van der Waals surface area contributed by atoms with E-state index in [0.29, 0.717) is 11.9 Å². The maximum Gasteiger partial charge on any atom is 0.176 e. The number of hydrogen-bond donors (Lipinski definition) is 0. The Morgan fingerprint density at radius 3 is 1.22 bits per heavy atom. The van der Waals surface area contributed by atoms with Gasteiger partial charge < -0.3 is 12.4 Å². The first-order valence-corrected chi connectivity index (χ1v) is 11.0. The van der Waals surface area contributed by atoms with E-state index in [4.69, 9.17) is 0 Å². The Kier molecular flexibility index (Phi) is 6.98. The molecule has 0 radical (unpaired) electrons. The molecule has 3 heteroatoms. The van der Waals surface area contributed by atoms with Crippen LogP contribution in [-0.4, -0.2) is 11.9 Å². The molecule has 3 rings (SSSR count). The van der Waals surface area contributed by atoms with Crippen molar-refractivity contribution < 1.29 is 17.2 Å². The number of halogens is 1. The number of carbonyl (C=O) groups is 1. The molecule has 0 spiro atoms. The summed E-state index contributed by atoms with van der Waals surface area (Å²) in [5, 5.41) is 3.78. The highest BCUT2D eigenvalue weighted by Crippen LogP contribution is 2.56. The van der Waals surface area contributed by atoms with Crippen LogP contribution >= 0.6 is 7.26 Å². The zero-order valence-electron chi connectivity index (χ0n) is 16.1. The van der Waals surface area contributed by atoms with Crippen LogP contribution in [-0.2, 0) is 4.79 Å². The van der Waals surface area contributed by atoms with E-state index >= 15 is 0 Å². The monoisotopic (exact) mass is 396 g/mol. The molecule has 0 atom stereocenters. The first-order chi connectivity index (χ1) is 12.4. The maximum atomic E-state index is 13.2. The molecule has 1 nitrogen and oxygen atoms in total. The van der Waals surface area contributed by atoms with Crippen LogP contribution in [0.1, 0.15) is 20.8 Å². The Hall–Kier alpha value is -1.95. The lowest BCUT2D eigenvalue weighted by molar-refractivity contribution is -0.123. The minimum Gasteiger partial charge on any atom is -1.00 e. The van der Waals surface area contributed by atoms with Gasteiger partial charge in [0.1, 0.15) is 29.3 Å². The second-order valence-corrected chi connectivity index (χ2v) is 11.1. The van der Waals surface area contributed by atoms with E-state index in [1.54, 1.807) is 0 Å². The lowest BCUT2D eigenvalue weighted by Crippen LogP contribution is -3.00. The van der Waals surface area contributed by atoms with Gasteiger partial charge in [-0.25, -0.2) is 0 Å². The van der Waals surface area contributed by atoms with E-state index < -0.39 is 7.26 Å². The average molecular weight is 397 g/mol. The van der Waals surface area contributed by atoms with Crippen molar-refractivity contribution in [1.29, 1.82) is 0 Å². The zero-order chi connectivity index (χ0) is 18.6. The molecule has 0 aromatic heterocycles.